The summed E-state index contributed by atoms with van der Waals surface area (Å²) in [4.78, 5) is 0. The number of benzene rings is 1. The van der Waals surface area contributed by atoms with E-state index in [1.807, 2.05) is 13.0 Å². The topological polar surface area (TPSA) is 44.0 Å². The number of nitriles is 1. The molecule has 0 aliphatic rings. The van der Waals surface area contributed by atoms with Crippen LogP contribution in [0, 0.1) is 25.2 Å². The summed E-state index contributed by atoms with van der Waals surface area (Å²) in [6, 6.07) is 3.78. The van der Waals surface area contributed by atoms with Gasteiger partial charge in [-0.1, -0.05) is 11.6 Å². The minimum absolute atomic E-state index is 0.145. The normalized spacial score (nSPS) is 9.69. The molecule has 1 aromatic carbocycles. The molecule has 0 unspecified atom stereocenters. The minimum atomic E-state index is 0.145. The zero-order valence-corrected chi connectivity index (χ0v) is 8.31. The lowest BCUT2D eigenvalue weighted by Crippen LogP contribution is -1.91. The number of nitrogens with zero attached hydrogens (tertiary/aromatic N) is 1. The zero-order chi connectivity index (χ0) is 10.0. The van der Waals surface area contributed by atoms with Crippen molar-refractivity contribution < 1.29 is 5.11 Å². The second-order valence-corrected chi connectivity index (χ2v) is 3.37. The average molecular weight is 196 g/mol. The summed E-state index contributed by atoms with van der Waals surface area (Å²) in [5.74, 6) is 0.145. The summed E-state index contributed by atoms with van der Waals surface area (Å²) < 4.78 is 0. The Labute approximate surface area is 82.4 Å². The summed E-state index contributed by atoms with van der Waals surface area (Å²) in [7, 11) is 0. The Bertz CT molecular complexity index is 379. The second-order valence-electron chi connectivity index (χ2n) is 2.96. The lowest BCUT2D eigenvalue weighted by Gasteiger charge is -2.09. The molecule has 2 nitrogen and oxygen atoms in total. The number of rotatable bonds is 1. The Balaban J connectivity index is 3.36. The van der Waals surface area contributed by atoms with Crippen molar-refractivity contribution >= 4 is 11.6 Å². The zero-order valence-electron chi connectivity index (χ0n) is 7.56. The number of hydrogen-bond donors (Lipinski definition) is 1. The summed E-state index contributed by atoms with van der Waals surface area (Å²) in [5, 5.41) is 18.7. The van der Waals surface area contributed by atoms with Gasteiger partial charge in [0.15, 0.2) is 0 Å². The van der Waals surface area contributed by atoms with Gasteiger partial charge in [-0.3, -0.25) is 0 Å². The van der Waals surface area contributed by atoms with Crippen molar-refractivity contribution in [3.05, 3.63) is 27.8 Å². The Hall–Kier alpha value is -1.20. The van der Waals surface area contributed by atoms with Gasteiger partial charge in [0.2, 0.25) is 0 Å². The highest BCUT2D eigenvalue weighted by atomic mass is 35.5. The molecule has 0 amide bonds. The molecule has 1 N–H and O–H groups in total. The van der Waals surface area contributed by atoms with Crippen LogP contribution >= 0.6 is 11.6 Å². The van der Waals surface area contributed by atoms with Gasteiger partial charge in [-0.05, 0) is 25.5 Å². The smallest absolute Gasteiger partial charge is 0.124 e. The van der Waals surface area contributed by atoms with Crippen molar-refractivity contribution in [2.45, 2.75) is 20.3 Å². The molecule has 0 aliphatic carbocycles. The third-order valence-corrected chi connectivity index (χ3v) is 2.47. The highest BCUT2D eigenvalue weighted by Gasteiger charge is 2.10. The first kappa shape index (κ1) is 9.88. The van der Waals surface area contributed by atoms with E-state index in [1.54, 1.807) is 13.0 Å². The Morgan fingerprint density at radius 3 is 2.69 bits per heavy atom. The molecule has 0 saturated carbocycles. The quantitative estimate of drug-likeness (QED) is 0.749. The molecule has 68 valence electrons. The van der Waals surface area contributed by atoms with E-state index in [9.17, 15) is 5.11 Å². The monoisotopic (exact) mass is 195 g/mol. The fourth-order valence-corrected chi connectivity index (χ4v) is 1.47. The third-order valence-electron chi connectivity index (χ3n) is 2.07. The van der Waals surface area contributed by atoms with Gasteiger partial charge in [-0.25, -0.2) is 0 Å². The van der Waals surface area contributed by atoms with Crippen LogP contribution in [0.15, 0.2) is 6.07 Å². The highest BCUT2D eigenvalue weighted by molar-refractivity contribution is 6.31. The van der Waals surface area contributed by atoms with Gasteiger partial charge in [-0.2, -0.15) is 5.26 Å². The van der Waals surface area contributed by atoms with E-state index in [4.69, 9.17) is 16.9 Å². The lowest BCUT2D eigenvalue weighted by molar-refractivity contribution is 0.465. The number of aromatic hydroxyl groups is 1. The molecular formula is C10H10ClNO. The first-order valence-corrected chi connectivity index (χ1v) is 4.30. The van der Waals surface area contributed by atoms with Crippen LogP contribution in [-0.4, -0.2) is 5.11 Å². The van der Waals surface area contributed by atoms with Crippen molar-refractivity contribution in [1.82, 2.24) is 0 Å². The van der Waals surface area contributed by atoms with E-state index in [-0.39, 0.29) is 12.2 Å². The van der Waals surface area contributed by atoms with Gasteiger partial charge in [0, 0.05) is 16.1 Å². The van der Waals surface area contributed by atoms with Gasteiger partial charge in [0.1, 0.15) is 5.75 Å². The van der Waals surface area contributed by atoms with E-state index >= 15 is 0 Å². The molecule has 0 fully saturated rings. The SMILES string of the molecule is Cc1cc(Cl)c(C)c(O)c1CC#N. The predicted molar refractivity (Wildman–Crippen MR) is 51.9 cm³/mol. The van der Waals surface area contributed by atoms with Crippen molar-refractivity contribution in [1.29, 1.82) is 5.26 Å². The van der Waals surface area contributed by atoms with E-state index in [1.165, 1.54) is 0 Å². The van der Waals surface area contributed by atoms with Crippen molar-refractivity contribution in [3.63, 3.8) is 0 Å². The highest BCUT2D eigenvalue weighted by Crippen LogP contribution is 2.31. The maximum atomic E-state index is 9.65. The second kappa shape index (κ2) is 3.68. The molecule has 0 heterocycles. The lowest BCUT2D eigenvalue weighted by atomic mass is 10.0. The van der Waals surface area contributed by atoms with Crippen LogP contribution in [0.2, 0.25) is 5.02 Å². The van der Waals surface area contributed by atoms with Gasteiger partial charge < -0.3 is 5.11 Å². The number of hydrogen-bond acceptors (Lipinski definition) is 2. The molecule has 0 aromatic heterocycles. The summed E-state index contributed by atoms with van der Waals surface area (Å²) in [6.45, 7) is 3.57. The largest absolute Gasteiger partial charge is 0.507 e. The molecule has 0 bridgehead atoms. The van der Waals surface area contributed by atoms with Crippen molar-refractivity contribution in [3.8, 4) is 11.8 Å². The number of phenolic OH excluding ortho intramolecular Hbond substituents is 1. The molecule has 0 radical (unpaired) electrons. The van der Waals surface area contributed by atoms with Gasteiger partial charge in [0.05, 0.1) is 12.5 Å². The first-order valence-electron chi connectivity index (χ1n) is 3.92. The minimum Gasteiger partial charge on any atom is -0.507 e. The number of halogens is 1. The van der Waals surface area contributed by atoms with Gasteiger partial charge in [-0.15, -0.1) is 0 Å². The van der Waals surface area contributed by atoms with Crippen LogP contribution in [-0.2, 0) is 6.42 Å². The molecular weight excluding hydrogens is 186 g/mol. The van der Waals surface area contributed by atoms with Crippen LogP contribution in [0.5, 0.6) is 5.75 Å². The molecule has 13 heavy (non-hydrogen) atoms. The van der Waals surface area contributed by atoms with Crippen LogP contribution in [0.1, 0.15) is 16.7 Å². The average Bonchev–Trinajstić information content (AvgIpc) is 2.09. The van der Waals surface area contributed by atoms with Gasteiger partial charge >= 0.3 is 0 Å². The van der Waals surface area contributed by atoms with E-state index in [0.717, 1.165) is 5.56 Å². The number of aryl methyl sites for hydroxylation is 1. The van der Waals surface area contributed by atoms with Gasteiger partial charge in [0.25, 0.3) is 0 Å². The number of phenols is 1. The van der Waals surface area contributed by atoms with Crippen molar-refractivity contribution in [2.75, 3.05) is 0 Å². The summed E-state index contributed by atoms with van der Waals surface area (Å²) in [6.07, 6.45) is 0.218. The molecule has 0 spiro atoms. The standard InChI is InChI=1S/C10H10ClNO/c1-6-5-9(11)7(2)10(13)8(6)3-4-12/h5,13H,3H2,1-2H3. The molecule has 1 aromatic rings. The molecule has 1 rings (SSSR count). The van der Waals surface area contributed by atoms with Crippen LogP contribution < -0.4 is 0 Å². The Kier molecular flexibility index (Phi) is 2.79. The Morgan fingerprint density at radius 2 is 2.15 bits per heavy atom. The first-order chi connectivity index (χ1) is 6.07. The molecule has 0 saturated heterocycles. The Morgan fingerprint density at radius 1 is 1.54 bits per heavy atom. The van der Waals surface area contributed by atoms with E-state index in [2.05, 4.69) is 0 Å². The van der Waals surface area contributed by atoms with E-state index < -0.39 is 0 Å². The predicted octanol–water partition coefficient (Wildman–Crippen LogP) is 2.73. The maximum Gasteiger partial charge on any atom is 0.124 e. The fourth-order valence-electron chi connectivity index (χ4n) is 1.21. The summed E-state index contributed by atoms with van der Waals surface area (Å²) in [5.41, 5.74) is 2.16. The molecule has 0 aliphatic heterocycles. The molecule has 0 atom stereocenters. The van der Waals surface area contributed by atoms with Crippen LogP contribution in [0.25, 0.3) is 0 Å². The maximum absolute atomic E-state index is 9.65. The van der Waals surface area contributed by atoms with Crippen LogP contribution in [0.3, 0.4) is 0 Å². The molecule has 3 heteroatoms. The van der Waals surface area contributed by atoms with Crippen molar-refractivity contribution in [2.24, 2.45) is 0 Å². The summed E-state index contributed by atoms with van der Waals surface area (Å²) >= 11 is 5.85. The van der Waals surface area contributed by atoms with Crippen LogP contribution in [0.4, 0.5) is 0 Å². The van der Waals surface area contributed by atoms with E-state index in [0.29, 0.717) is 16.1 Å². The third kappa shape index (κ3) is 1.76. The fraction of sp³-hybridized carbons (Fsp3) is 0.300.